The van der Waals surface area contributed by atoms with Crippen LogP contribution in [0.4, 0.5) is 0 Å². The van der Waals surface area contributed by atoms with E-state index in [4.69, 9.17) is 23.2 Å². The molecule has 1 rings (SSSR count). The van der Waals surface area contributed by atoms with Crippen molar-refractivity contribution >= 4 is 23.2 Å². The van der Waals surface area contributed by atoms with E-state index in [1.165, 1.54) is 0 Å². The van der Waals surface area contributed by atoms with Gasteiger partial charge in [-0.2, -0.15) is 5.10 Å². The number of nitrogens with one attached hydrogen (secondary N) is 1. The summed E-state index contributed by atoms with van der Waals surface area (Å²) in [6, 6.07) is 0. The molecule has 0 aliphatic carbocycles. The zero-order valence-electron chi connectivity index (χ0n) is 10.8. The molecule has 0 saturated carbocycles. The SMILES string of the molecule is Cc1nn(C)c(Cl)c1CNCCCC(C)CCl. The van der Waals surface area contributed by atoms with Crippen molar-refractivity contribution in [2.24, 2.45) is 13.0 Å². The molecule has 0 spiro atoms. The fraction of sp³-hybridized carbons (Fsp3) is 0.750. The Bertz CT molecular complexity index is 350. The molecule has 1 aromatic heterocycles. The number of aromatic nitrogens is 2. The number of hydrogen-bond donors (Lipinski definition) is 1. The molecule has 3 nitrogen and oxygen atoms in total. The lowest BCUT2D eigenvalue weighted by Gasteiger charge is -2.08. The molecule has 0 radical (unpaired) electrons. The van der Waals surface area contributed by atoms with E-state index < -0.39 is 0 Å². The van der Waals surface area contributed by atoms with E-state index in [2.05, 4.69) is 17.3 Å². The van der Waals surface area contributed by atoms with Crippen LogP contribution < -0.4 is 5.32 Å². The fourth-order valence-corrected chi connectivity index (χ4v) is 2.14. The van der Waals surface area contributed by atoms with Crippen molar-refractivity contribution in [1.29, 1.82) is 0 Å². The van der Waals surface area contributed by atoms with Gasteiger partial charge in [-0.3, -0.25) is 4.68 Å². The van der Waals surface area contributed by atoms with E-state index in [1.807, 2.05) is 14.0 Å². The molecule has 98 valence electrons. The van der Waals surface area contributed by atoms with E-state index in [-0.39, 0.29) is 0 Å². The van der Waals surface area contributed by atoms with Crippen LogP contribution in [-0.4, -0.2) is 22.2 Å². The Labute approximate surface area is 113 Å². The number of halogens is 2. The molecule has 1 atom stereocenters. The second-order valence-corrected chi connectivity index (χ2v) is 5.22. The molecule has 0 amide bonds. The van der Waals surface area contributed by atoms with Crippen molar-refractivity contribution in [3.05, 3.63) is 16.4 Å². The lowest BCUT2D eigenvalue weighted by Crippen LogP contribution is -2.16. The zero-order valence-corrected chi connectivity index (χ0v) is 12.3. The third-order valence-electron chi connectivity index (χ3n) is 2.89. The van der Waals surface area contributed by atoms with Gasteiger partial charge in [-0.25, -0.2) is 0 Å². The van der Waals surface area contributed by atoms with Gasteiger partial charge in [0.1, 0.15) is 5.15 Å². The number of hydrogen-bond acceptors (Lipinski definition) is 2. The number of rotatable bonds is 7. The third-order valence-corrected chi connectivity index (χ3v) is 3.89. The van der Waals surface area contributed by atoms with Crippen molar-refractivity contribution in [1.82, 2.24) is 15.1 Å². The van der Waals surface area contributed by atoms with Crippen LogP contribution in [0.2, 0.25) is 5.15 Å². The van der Waals surface area contributed by atoms with Gasteiger partial charge in [0.05, 0.1) is 5.69 Å². The van der Waals surface area contributed by atoms with Crippen molar-refractivity contribution in [2.75, 3.05) is 12.4 Å². The van der Waals surface area contributed by atoms with Gasteiger partial charge < -0.3 is 5.32 Å². The molecule has 0 bridgehead atoms. The third kappa shape index (κ3) is 4.49. The van der Waals surface area contributed by atoms with Gasteiger partial charge in [-0.05, 0) is 32.2 Å². The summed E-state index contributed by atoms with van der Waals surface area (Å²) in [6.07, 6.45) is 2.31. The summed E-state index contributed by atoms with van der Waals surface area (Å²) >= 11 is 11.9. The fourth-order valence-electron chi connectivity index (χ4n) is 1.74. The van der Waals surface area contributed by atoms with Crippen LogP contribution in [0, 0.1) is 12.8 Å². The Balaban J connectivity index is 2.27. The molecule has 5 heteroatoms. The predicted octanol–water partition coefficient (Wildman–Crippen LogP) is 3.13. The number of alkyl halides is 1. The van der Waals surface area contributed by atoms with Crippen LogP contribution in [0.15, 0.2) is 0 Å². The smallest absolute Gasteiger partial charge is 0.131 e. The van der Waals surface area contributed by atoms with Crippen LogP contribution in [-0.2, 0) is 13.6 Å². The standard InChI is InChI=1S/C12H21Cl2N3/c1-9(7-13)5-4-6-15-8-11-10(2)16-17(3)12(11)14/h9,15H,4-8H2,1-3H3. The van der Waals surface area contributed by atoms with Crippen LogP contribution in [0.3, 0.4) is 0 Å². The summed E-state index contributed by atoms with van der Waals surface area (Å²) in [5, 5.41) is 8.40. The van der Waals surface area contributed by atoms with Crippen LogP contribution >= 0.6 is 23.2 Å². The first-order valence-electron chi connectivity index (χ1n) is 6.01. The molecule has 0 aliphatic rings. The highest BCUT2D eigenvalue weighted by Crippen LogP contribution is 2.18. The van der Waals surface area contributed by atoms with Crippen LogP contribution in [0.5, 0.6) is 0 Å². The molecule has 1 unspecified atom stereocenters. The first-order valence-corrected chi connectivity index (χ1v) is 6.92. The van der Waals surface area contributed by atoms with Crippen molar-refractivity contribution in [3.63, 3.8) is 0 Å². The predicted molar refractivity (Wildman–Crippen MR) is 73.8 cm³/mol. The van der Waals surface area contributed by atoms with E-state index in [1.54, 1.807) is 4.68 Å². The van der Waals surface area contributed by atoms with E-state index in [0.717, 1.165) is 48.2 Å². The monoisotopic (exact) mass is 277 g/mol. The molecule has 0 aliphatic heterocycles. The second-order valence-electron chi connectivity index (χ2n) is 4.56. The highest BCUT2D eigenvalue weighted by molar-refractivity contribution is 6.30. The van der Waals surface area contributed by atoms with Gasteiger partial charge >= 0.3 is 0 Å². The van der Waals surface area contributed by atoms with Gasteiger partial charge in [0.2, 0.25) is 0 Å². The first kappa shape index (κ1) is 14.8. The highest BCUT2D eigenvalue weighted by Gasteiger charge is 2.10. The van der Waals surface area contributed by atoms with Crippen molar-refractivity contribution < 1.29 is 0 Å². The summed E-state index contributed by atoms with van der Waals surface area (Å²) in [6.45, 7) is 5.94. The Morgan fingerprint density at radius 1 is 1.47 bits per heavy atom. The summed E-state index contributed by atoms with van der Waals surface area (Å²) < 4.78 is 1.71. The Morgan fingerprint density at radius 3 is 2.71 bits per heavy atom. The van der Waals surface area contributed by atoms with E-state index in [0.29, 0.717) is 5.92 Å². The molecule has 1 N–H and O–H groups in total. The van der Waals surface area contributed by atoms with Gasteiger partial charge in [-0.1, -0.05) is 18.5 Å². The van der Waals surface area contributed by atoms with Crippen molar-refractivity contribution in [2.45, 2.75) is 33.2 Å². The van der Waals surface area contributed by atoms with Crippen molar-refractivity contribution in [3.8, 4) is 0 Å². The lowest BCUT2D eigenvalue weighted by atomic mass is 10.1. The van der Waals surface area contributed by atoms with Gasteiger partial charge in [0, 0.05) is 25.0 Å². The Morgan fingerprint density at radius 2 is 2.18 bits per heavy atom. The first-order chi connectivity index (χ1) is 8.06. The van der Waals surface area contributed by atoms with Gasteiger partial charge in [0.15, 0.2) is 0 Å². The highest BCUT2D eigenvalue weighted by atomic mass is 35.5. The molecule has 0 fully saturated rings. The van der Waals surface area contributed by atoms with E-state index in [9.17, 15) is 0 Å². The average Bonchev–Trinajstić information content (AvgIpc) is 2.54. The summed E-state index contributed by atoms with van der Waals surface area (Å²) in [5.41, 5.74) is 2.10. The summed E-state index contributed by atoms with van der Waals surface area (Å²) in [4.78, 5) is 0. The molecular weight excluding hydrogens is 257 g/mol. The zero-order chi connectivity index (χ0) is 12.8. The normalized spacial score (nSPS) is 13.0. The quantitative estimate of drug-likeness (QED) is 0.613. The maximum atomic E-state index is 6.14. The minimum atomic E-state index is 0.599. The molecule has 0 saturated heterocycles. The Kier molecular flexibility index (Phi) is 6.31. The molecular formula is C12H21Cl2N3. The molecule has 1 aromatic rings. The Hall–Kier alpha value is -0.250. The van der Waals surface area contributed by atoms with Crippen LogP contribution in [0.25, 0.3) is 0 Å². The number of nitrogens with zero attached hydrogens (tertiary/aromatic N) is 2. The molecule has 0 aromatic carbocycles. The topological polar surface area (TPSA) is 29.9 Å². The van der Waals surface area contributed by atoms with E-state index >= 15 is 0 Å². The largest absolute Gasteiger partial charge is 0.312 e. The average molecular weight is 278 g/mol. The molecule has 1 heterocycles. The maximum absolute atomic E-state index is 6.14. The number of aryl methyl sites for hydroxylation is 2. The summed E-state index contributed by atoms with van der Waals surface area (Å²) in [7, 11) is 1.86. The van der Waals surface area contributed by atoms with Gasteiger partial charge in [0.25, 0.3) is 0 Å². The lowest BCUT2D eigenvalue weighted by molar-refractivity contribution is 0.531. The minimum absolute atomic E-state index is 0.599. The van der Waals surface area contributed by atoms with Gasteiger partial charge in [-0.15, -0.1) is 11.6 Å². The van der Waals surface area contributed by atoms with Crippen LogP contribution in [0.1, 0.15) is 31.0 Å². The summed E-state index contributed by atoms with van der Waals surface area (Å²) in [5.74, 6) is 1.34. The maximum Gasteiger partial charge on any atom is 0.131 e. The minimum Gasteiger partial charge on any atom is -0.312 e. The second kappa shape index (κ2) is 7.24. The molecule has 17 heavy (non-hydrogen) atoms.